The highest BCUT2D eigenvalue weighted by Gasteiger charge is 2.35. The van der Waals surface area contributed by atoms with Gasteiger partial charge in [-0.3, -0.25) is 0 Å². The zero-order valence-electron chi connectivity index (χ0n) is 22.1. The molecule has 202 valence electrons. The van der Waals surface area contributed by atoms with Crippen LogP contribution in [0.1, 0.15) is 83.5 Å². The summed E-state index contributed by atoms with van der Waals surface area (Å²) >= 11 is 0. The molecule has 35 heavy (non-hydrogen) atoms. The molecule has 0 aromatic carbocycles. The van der Waals surface area contributed by atoms with Gasteiger partial charge < -0.3 is 23.7 Å². The molecule has 1 aliphatic heterocycles. The van der Waals surface area contributed by atoms with Gasteiger partial charge in [-0.2, -0.15) is 0 Å². The molecule has 0 atom stereocenters. The van der Waals surface area contributed by atoms with Crippen molar-refractivity contribution < 1.29 is 28.5 Å². The van der Waals surface area contributed by atoms with E-state index >= 15 is 0 Å². The van der Waals surface area contributed by atoms with Crippen LogP contribution in [0, 0.1) is 29.6 Å². The van der Waals surface area contributed by atoms with E-state index in [0.29, 0.717) is 25.0 Å². The molecule has 2 saturated carbocycles. The zero-order chi connectivity index (χ0) is 24.7. The summed E-state index contributed by atoms with van der Waals surface area (Å²) in [4.78, 5) is 11.0. The molecular formula is C29H50O6. The Balaban J connectivity index is 1.20. The second-order valence-corrected chi connectivity index (χ2v) is 11.0. The van der Waals surface area contributed by atoms with Crippen LogP contribution < -0.4 is 0 Å². The molecule has 6 nitrogen and oxygen atoms in total. The van der Waals surface area contributed by atoms with Crippen LogP contribution in [0.3, 0.4) is 0 Å². The van der Waals surface area contributed by atoms with E-state index in [-0.39, 0.29) is 12.3 Å². The first-order valence-electron chi connectivity index (χ1n) is 14.3. The zero-order valence-corrected chi connectivity index (χ0v) is 22.1. The van der Waals surface area contributed by atoms with Crippen LogP contribution in [0.4, 0.5) is 0 Å². The number of ether oxygens (including phenoxy) is 5. The Bertz CT molecular complexity index is 572. The van der Waals surface area contributed by atoms with E-state index in [2.05, 4.69) is 6.58 Å². The maximum atomic E-state index is 11.0. The van der Waals surface area contributed by atoms with Crippen molar-refractivity contribution in [3.63, 3.8) is 0 Å². The molecule has 6 heteroatoms. The highest BCUT2D eigenvalue weighted by molar-refractivity contribution is 5.81. The first-order chi connectivity index (χ1) is 17.2. The molecule has 0 radical (unpaired) electrons. The maximum Gasteiger partial charge on any atom is 0.330 e. The second-order valence-electron chi connectivity index (χ2n) is 11.0. The van der Waals surface area contributed by atoms with Gasteiger partial charge in [0.15, 0.2) is 6.29 Å². The Labute approximate surface area is 213 Å². The molecule has 0 aromatic heterocycles. The molecule has 3 rings (SSSR count). The molecule has 0 aromatic rings. The number of methoxy groups -OCH3 is 1. The highest BCUT2D eigenvalue weighted by atomic mass is 16.7. The summed E-state index contributed by atoms with van der Waals surface area (Å²) in [5.74, 6) is 3.34. The predicted octanol–water partition coefficient (Wildman–Crippen LogP) is 5.93. The molecule has 3 aliphatic rings. The third kappa shape index (κ3) is 10.5. The number of unbranched alkanes of at least 4 members (excludes halogenated alkanes) is 3. The fourth-order valence-electron chi connectivity index (χ4n) is 6.22. The summed E-state index contributed by atoms with van der Waals surface area (Å²) < 4.78 is 28.3. The summed E-state index contributed by atoms with van der Waals surface area (Å²) in [5.41, 5.74) is 0. The van der Waals surface area contributed by atoms with Gasteiger partial charge in [-0.25, -0.2) is 4.79 Å². The Hall–Kier alpha value is -0.950. The van der Waals surface area contributed by atoms with E-state index in [1.165, 1.54) is 70.3 Å². The van der Waals surface area contributed by atoms with Gasteiger partial charge in [0.05, 0.1) is 33.0 Å². The van der Waals surface area contributed by atoms with Crippen LogP contribution in [0.25, 0.3) is 0 Å². The van der Waals surface area contributed by atoms with Crippen molar-refractivity contribution in [2.75, 3.05) is 46.8 Å². The van der Waals surface area contributed by atoms with Crippen molar-refractivity contribution in [2.24, 2.45) is 29.6 Å². The fraction of sp³-hybridized carbons (Fsp3) is 0.897. The summed E-state index contributed by atoms with van der Waals surface area (Å²) in [6.45, 7) is 7.93. The average molecular weight is 495 g/mol. The lowest BCUT2D eigenvalue weighted by Crippen LogP contribution is -2.39. The summed E-state index contributed by atoms with van der Waals surface area (Å²) in [6, 6.07) is 0. The molecule has 1 saturated heterocycles. The fourth-order valence-corrected chi connectivity index (χ4v) is 6.22. The van der Waals surface area contributed by atoms with Crippen LogP contribution in [-0.4, -0.2) is 59.0 Å². The molecule has 1 heterocycles. The number of carbonyl (C=O) groups excluding carboxylic acids is 1. The molecular weight excluding hydrogens is 444 g/mol. The van der Waals surface area contributed by atoms with Gasteiger partial charge in [0, 0.05) is 31.6 Å². The summed E-state index contributed by atoms with van der Waals surface area (Å²) in [5, 5.41) is 0. The van der Waals surface area contributed by atoms with Crippen molar-refractivity contribution in [2.45, 2.75) is 89.8 Å². The molecule has 0 N–H and O–H groups in total. The number of carbonyl (C=O) groups is 1. The largest absolute Gasteiger partial charge is 0.463 e. The van der Waals surface area contributed by atoms with Gasteiger partial charge in [-0.15, -0.1) is 0 Å². The van der Waals surface area contributed by atoms with Gasteiger partial charge in [0.25, 0.3) is 0 Å². The minimum atomic E-state index is -0.327. The Morgan fingerprint density at radius 1 is 0.800 bits per heavy atom. The van der Waals surface area contributed by atoms with Crippen molar-refractivity contribution in [1.82, 2.24) is 0 Å². The van der Waals surface area contributed by atoms with E-state index in [9.17, 15) is 4.79 Å². The highest BCUT2D eigenvalue weighted by Crippen LogP contribution is 2.43. The van der Waals surface area contributed by atoms with Crippen LogP contribution in [0.15, 0.2) is 12.7 Å². The molecule has 0 bridgehead atoms. The molecule has 0 amide bonds. The third-order valence-electron chi connectivity index (χ3n) is 8.45. The van der Waals surface area contributed by atoms with E-state index in [4.69, 9.17) is 23.7 Å². The normalized spacial score (nSPS) is 31.7. The monoisotopic (exact) mass is 494 g/mol. The Kier molecular flexibility index (Phi) is 13.7. The van der Waals surface area contributed by atoms with Crippen LogP contribution in [-0.2, 0) is 28.5 Å². The first-order valence-corrected chi connectivity index (χ1v) is 14.3. The van der Waals surface area contributed by atoms with Crippen LogP contribution in [0.2, 0.25) is 0 Å². The average Bonchev–Trinajstić information content (AvgIpc) is 2.91. The van der Waals surface area contributed by atoms with Gasteiger partial charge in [-0.1, -0.05) is 25.8 Å². The van der Waals surface area contributed by atoms with Crippen molar-refractivity contribution in [3.8, 4) is 0 Å². The number of hydrogen-bond donors (Lipinski definition) is 0. The van der Waals surface area contributed by atoms with Gasteiger partial charge in [0.1, 0.15) is 0 Å². The van der Waals surface area contributed by atoms with Gasteiger partial charge in [0.2, 0.25) is 0 Å². The second kappa shape index (κ2) is 16.7. The van der Waals surface area contributed by atoms with E-state index in [1.807, 2.05) is 0 Å². The van der Waals surface area contributed by atoms with Gasteiger partial charge >= 0.3 is 5.97 Å². The topological polar surface area (TPSA) is 63.2 Å². The Morgan fingerprint density at radius 2 is 1.43 bits per heavy atom. The lowest BCUT2D eigenvalue weighted by atomic mass is 9.69. The van der Waals surface area contributed by atoms with Crippen molar-refractivity contribution in [3.05, 3.63) is 12.7 Å². The quantitative estimate of drug-likeness (QED) is 0.160. The summed E-state index contributed by atoms with van der Waals surface area (Å²) in [6.07, 6.45) is 17.4. The van der Waals surface area contributed by atoms with Crippen molar-refractivity contribution >= 4 is 5.97 Å². The smallest absolute Gasteiger partial charge is 0.330 e. The van der Waals surface area contributed by atoms with Gasteiger partial charge in [-0.05, 0) is 82.0 Å². The molecule has 0 spiro atoms. The van der Waals surface area contributed by atoms with Crippen LogP contribution in [0.5, 0.6) is 0 Å². The molecule has 0 unspecified atom stereocenters. The SMILES string of the molecule is C=CC(=O)OCCCCCCC1COC(C2CCC(C3CCC(COCCOC)CC3)CC2)OC1. The standard InChI is InChI=1S/C29H50O6/c1-3-28(30)33-17-7-5-4-6-8-24-21-34-29(35-22-24)27-15-13-26(14-16-27)25-11-9-23(10-12-25)20-32-19-18-31-2/h3,23-27,29H,1,4-22H2,2H3. The van der Waals surface area contributed by atoms with Crippen LogP contribution >= 0.6 is 0 Å². The maximum absolute atomic E-state index is 11.0. The lowest BCUT2D eigenvalue weighted by molar-refractivity contribution is -0.230. The minimum absolute atomic E-state index is 0.0201. The first kappa shape index (κ1) is 28.6. The summed E-state index contributed by atoms with van der Waals surface area (Å²) in [7, 11) is 1.73. The number of rotatable bonds is 15. The minimum Gasteiger partial charge on any atom is -0.463 e. The van der Waals surface area contributed by atoms with E-state index in [1.54, 1.807) is 7.11 Å². The molecule has 3 fully saturated rings. The lowest BCUT2D eigenvalue weighted by Gasteiger charge is -2.41. The third-order valence-corrected chi connectivity index (χ3v) is 8.45. The van der Waals surface area contributed by atoms with E-state index in [0.717, 1.165) is 63.4 Å². The Morgan fingerprint density at radius 3 is 2.09 bits per heavy atom. The number of esters is 1. The number of hydrogen-bond acceptors (Lipinski definition) is 6. The van der Waals surface area contributed by atoms with Crippen molar-refractivity contribution in [1.29, 1.82) is 0 Å². The molecule has 2 aliphatic carbocycles. The van der Waals surface area contributed by atoms with E-state index < -0.39 is 0 Å². The predicted molar refractivity (Wildman–Crippen MR) is 137 cm³/mol.